The van der Waals surface area contributed by atoms with Gasteiger partial charge in [-0.1, -0.05) is 29.0 Å². The van der Waals surface area contributed by atoms with Crippen molar-refractivity contribution in [2.75, 3.05) is 4.90 Å². The lowest BCUT2D eigenvalue weighted by Gasteiger charge is -2.39. The van der Waals surface area contributed by atoms with Crippen molar-refractivity contribution in [1.82, 2.24) is 0 Å². The fourth-order valence-corrected chi connectivity index (χ4v) is 5.10. The second kappa shape index (κ2) is 7.59. The van der Waals surface area contributed by atoms with E-state index in [-0.39, 0.29) is 22.2 Å². The van der Waals surface area contributed by atoms with Crippen LogP contribution in [0, 0.1) is 28.4 Å². The van der Waals surface area contributed by atoms with E-state index >= 15 is 0 Å². The van der Waals surface area contributed by atoms with Crippen LogP contribution in [0.3, 0.4) is 0 Å². The Morgan fingerprint density at radius 1 is 1.33 bits per heavy atom. The van der Waals surface area contributed by atoms with Gasteiger partial charge in [-0.2, -0.15) is 5.26 Å². The van der Waals surface area contributed by atoms with Gasteiger partial charge in [-0.15, -0.1) is 0 Å². The molecule has 0 amide bonds. The van der Waals surface area contributed by atoms with Crippen molar-refractivity contribution in [3.05, 3.63) is 78.6 Å². The predicted molar refractivity (Wildman–Crippen MR) is 115 cm³/mol. The van der Waals surface area contributed by atoms with Gasteiger partial charge in [0.2, 0.25) is 0 Å². The molecule has 0 bridgehead atoms. The summed E-state index contributed by atoms with van der Waals surface area (Å²) in [4.78, 5) is 26.0. The molecule has 2 aliphatic rings. The summed E-state index contributed by atoms with van der Waals surface area (Å²) in [5, 5.41) is 21.6. The van der Waals surface area contributed by atoms with Crippen molar-refractivity contribution in [1.29, 1.82) is 5.26 Å². The first-order chi connectivity index (χ1) is 14.3. The molecule has 7 nitrogen and oxygen atoms in total. The number of aryl methyl sites for hydroxylation is 1. The third-order valence-corrected chi connectivity index (χ3v) is 6.91. The van der Waals surface area contributed by atoms with Crippen LogP contribution < -0.4 is 10.6 Å². The molecule has 152 valence electrons. The second-order valence-electron chi connectivity index (χ2n) is 7.18. The van der Waals surface area contributed by atoms with Crippen molar-refractivity contribution < 1.29 is 9.72 Å². The number of nitrogens with zero attached hydrogens (tertiary/aromatic N) is 3. The number of ketones is 1. The van der Waals surface area contributed by atoms with Gasteiger partial charge in [-0.25, -0.2) is 0 Å². The van der Waals surface area contributed by atoms with Gasteiger partial charge in [0.05, 0.1) is 22.5 Å². The normalized spacial score (nSPS) is 19.0. The zero-order valence-electron chi connectivity index (χ0n) is 16.0. The van der Waals surface area contributed by atoms with E-state index in [2.05, 4.69) is 6.07 Å². The summed E-state index contributed by atoms with van der Waals surface area (Å²) in [5.41, 5.74) is 9.46. The zero-order valence-corrected chi connectivity index (χ0v) is 17.6. The largest absolute Gasteiger partial charge is 0.384 e. The lowest BCUT2D eigenvalue weighted by Crippen LogP contribution is -2.38. The van der Waals surface area contributed by atoms with Crippen LogP contribution in [0.1, 0.15) is 35.6 Å². The molecular formula is C21H17ClN4O3S. The molecule has 30 heavy (non-hydrogen) atoms. The Hall–Kier alpha value is -3.15. The zero-order chi connectivity index (χ0) is 21.6. The number of anilines is 1. The van der Waals surface area contributed by atoms with Crippen LogP contribution in [0.5, 0.6) is 0 Å². The van der Waals surface area contributed by atoms with E-state index in [9.17, 15) is 20.2 Å². The molecule has 2 heterocycles. The third-order valence-electron chi connectivity index (χ3n) is 5.40. The number of nitrogens with two attached hydrogens (primary N) is 1. The molecule has 0 saturated heterocycles. The van der Waals surface area contributed by atoms with Crippen molar-refractivity contribution in [3.63, 3.8) is 0 Å². The molecule has 1 aromatic heterocycles. The summed E-state index contributed by atoms with van der Waals surface area (Å²) in [7, 11) is 0. The highest BCUT2D eigenvalue weighted by atomic mass is 35.5. The molecule has 0 spiro atoms. The maximum atomic E-state index is 13.0. The molecule has 4 rings (SSSR count). The maximum Gasteiger partial charge on any atom is 0.324 e. The van der Waals surface area contributed by atoms with Gasteiger partial charge in [0.1, 0.15) is 5.82 Å². The summed E-state index contributed by atoms with van der Waals surface area (Å²) in [6.45, 7) is 1.89. The van der Waals surface area contributed by atoms with Crippen molar-refractivity contribution in [2.45, 2.75) is 32.1 Å². The first-order valence-corrected chi connectivity index (χ1v) is 10.5. The summed E-state index contributed by atoms with van der Waals surface area (Å²) in [5.74, 6) is -0.554. The average Bonchev–Trinajstić information content (AvgIpc) is 3.20. The summed E-state index contributed by atoms with van der Waals surface area (Å²) in [6, 6.07) is 10.6. The molecule has 0 saturated carbocycles. The van der Waals surface area contributed by atoms with Crippen LogP contribution in [0.2, 0.25) is 5.02 Å². The molecule has 1 aliphatic heterocycles. The first-order valence-electron chi connectivity index (χ1n) is 9.30. The fraction of sp³-hybridized carbons (Fsp3) is 0.238. The molecule has 0 fully saturated rings. The number of Topliss-reactive ketones (excluding diaryl/α,β-unsaturated/α-hetero) is 1. The molecule has 1 aromatic carbocycles. The van der Waals surface area contributed by atoms with E-state index in [4.69, 9.17) is 17.3 Å². The molecule has 9 heteroatoms. The Balaban J connectivity index is 1.95. The van der Waals surface area contributed by atoms with E-state index in [1.807, 2.05) is 19.1 Å². The number of carbonyl (C=O) groups is 1. The predicted octanol–water partition coefficient (Wildman–Crippen LogP) is 4.92. The molecular weight excluding hydrogens is 424 g/mol. The molecule has 1 atom stereocenters. The highest BCUT2D eigenvalue weighted by molar-refractivity contribution is 7.15. The molecule has 2 aromatic rings. The Morgan fingerprint density at radius 2 is 2.10 bits per heavy atom. The van der Waals surface area contributed by atoms with Gasteiger partial charge < -0.3 is 5.73 Å². The number of thiophene rings is 1. The highest BCUT2D eigenvalue weighted by Gasteiger charge is 2.41. The Kier molecular flexibility index (Phi) is 5.10. The number of nitriles is 1. The minimum atomic E-state index is -0.700. The molecule has 1 aliphatic carbocycles. The second-order valence-corrected chi connectivity index (χ2v) is 8.68. The topological polar surface area (TPSA) is 113 Å². The van der Waals surface area contributed by atoms with Crippen LogP contribution in [0.4, 0.5) is 10.7 Å². The third kappa shape index (κ3) is 3.16. The minimum absolute atomic E-state index is 0.0426. The van der Waals surface area contributed by atoms with Crippen molar-refractivity contribution in [2.24, 2.45) is 5.73 Å². The number of hydrogen-bond donors (Lipinski definition) is 1. The maximum absolute atomic E-state index is 13.0. The van der Waals surface area contributed by atoms with Crippen molar-refractivity contribution in [3.8, 4) is 6.07 Å². The number of nitro groups is 1. The Bertz CT molecular complexity index is 1190. The van der Waals surface area contributed by atoms with Gasteiger partial charge in [0, 0.05) is 39.3 Å². The standard InChI is InChI=1S/C21H17ClN4O3S/c1-11-5-6-12(9-14(11)22)25-15-3-2-4-16(27)20(15)19(13(10-23)21(25)24)17-7-8-18(30-17)26(28)29/h5-9,19H,2-4,24H2,1H3. The lowest BCUT2D eigenvalue weighted by atomic mass is 9.78. The van der Waals surface area contributed by atoms with Crippen LogP contribution in [-0.2, 0) is 4.79 Å². The van der Waals surface area contributed by atoms with E-state index in [0.29, 0.717) is 40.4 Å². The van der Waals surface area contributed by atoms with Crippen LogP contribution in [-0.4, -0.2) is 10.7 Å². The number of halogens is 1. The quantitative estimate of drug-likeness (QED) is 0.535. The van der Waals surface area contributed by atoms with Gasteiger partial charge in [-0.3, -0.25) is 19.8 Å². The molecule has 1 unspecified atom stereocenters. The SMILES string of the molecule is Cc1ccc(N2C(N)=C(C#N)C(c3ccc([N+](=O)[O-])s3)C3=C2CCCC3=O)cc1Cl. The Labute approximate surface area is 181 Å². The van der Waals surface area contributed by atoms with Gasteiger partial charge >= 0.3 is 5.00 Å². The Morgan fingerprint density at radius 3 is 2.73 bits per heavy atom. The number of allylic oxidation sites excluding steroid dienone is 3. The lowest BCUT2D eigenvalue weighted by molar-refractivity contribution is -0.380. The van der Waals surface area contributed by atoms with E-state index in [0.717, 1.165) is 22.6 Å². The average molecular weight is 441 g/mol. The first kappa shape index (κ1) is 20.1. The van der Waals surface area contributed by atoms with Gasteiger partial charge in [0.25, 0.3) is 0 Å². The van der Waals surface area contributed by atoms with E-state index < -0.39 is 10.8 Å². The summed E-state index contributed by atoms with van der Waals surface area (Å²) >= 11 is 7.28. The van der Waals surface area contributed by atoms with E-state index in [1.54, 1.807) is 17.0 Å². The number of rotatable bonds is 3. The van der Waals surface area contributed by atoms with Crippen LogP contribution >= 0.6 is 22.9 Å². The van der Waals surface area contributed by atoms with Crippen molar-refractivity contribution >= 4 is 39.4 Å². The number of benzene rings is 1. The van der Waals surface area contributed by atoms with E-state index in [1.165, 1.54) is 6.07 Å². The van der Waals surface area contributed by atoms with Crippen LogP contribution in [0.15, 0.2) is 53.0 Å². The highest BCUT2D eigenvalue weighted by Crippen LogP contribution is 2.48. The number of carbonyl (C=O) groups excluding carboxylic acids is 1. The van der Waals surface area contributed by atoms with Crippen LogP contribution in [0.25, 0.3) is 0 Å². The molecule has 0 radical (unpaired) electrons. The van der Waals surface area contributed by atoms with Gasteiger partial charge in [-0.05, 0) is 43.5 Å². The fourth-order valence-electron chi connectivity index (χ4n) is 3.98. The summed E-state index contributed by atoms with van der Waals surface area (Å²) in [6.07, 6.45) is 1.64. The number of hydrogen-bond acceptors (Lipinski definition) is 7. The summed E-state index contributed by atoms with van der Waals surface area (Å²) < 4.78 is 0. The van der Waals surface area contributed by atoms with Gasteiger partial charge in [0.15, 0.2) is 5.78 Å². The monoisotopic (exact) mass is 440 g/mol. The smallest absolute Gasteiger partial charge is 0.324 e. The minimum Gasteiger partial charge on any atom is -0.384 e. The molecule has 2 N–H and O–H groups in total.